The standard InChI is InChI=1S/C27H24N2O2/c1-18-13-15-21(16-14-18)24-25(28-17-7-10-20-9-4-6-12-23(20)28)27(31)29(26(24)30)22-11-5-3-8-19(22)2/h3-6,8-9,11-16H,7,10,17H2,1-2H3. The fourth-order valence-corrected chi connectivity index (χ4v) is 4.55. The minimum atomic E-state index is -0.263. The van der Waals surface area contributed by atoms with E-state index < -0.39 is 0 Å². The topological polar surface area (TPSA) is 40.6 Å². The Kier molecular flexibility index (Phi) is 4.70. The molecule has 3 aromatic rings. The number of hydrogen-bond acceptors (Lipinski definition) is 3. The molecule has 0 saturated carbocycles. The van der Waals surface area contributed by atoms with Crippen molar-refractivity contribution in [3.05, 3.63) is 101 Å². The van der Waals surface area contributed by atoms with Gasteiger partial charge in [0, 0.05) is 12.2 Å². The maximum absolute atomic E-state index is 13.8. The van der Waals surface area contributed by atoms with Crippen LogP contribution in [0.5, 0.6) is 0 Å². The number of carbonyl (C=O) groups excluding carboxylic acids is 2. The third kappa shape index (κ3) is 3.15. The van der Waals surface area contributed by atoms with Crippen molar-refractivity contribution in [2.75, 3.05) is 16.3 Å². The van der Waals surface area contributed by atoms with Gasteiger partial charge in [0.05, 0.1) is 11.3 Å². The van der Waals surface area contributed by atoms with Crippen LogP contribution in [0.4, 0.5) is 11.4 Å². The van der Waals surface area contributed by atoms with E-state index >= 15 is 0 Å². The lowest BCUT2D eigenvalue weighted by atomic mass is 9.98. The second kappa shape index (κ2) is 7.55. The van der Waals surface area contributed by atoms with Crippen molar-refractivity contribution in [3.8, 4) is 0 Å². The van der Waals surface area contributed by atoms with E-state index in [2.05, 4.69) is 6.07 Å². The van der Waals surface area contributed by atoms with Gasteiger partial charge in [-0.25, -0.2) is 4.90 Å². The molecule has 31 heavy (non-hydrogen) atoms. The van der Waals surface area contributed by atoms with Crippen LogP contribution in [0.25, 0.3) is 5.57 Å². The molecule has 154 valence electrons. The maximum atomic E-state index is 13.8. The third-order valence-corrected chi connectivity index (χ3v) is 6.14. The average molecular weight is 409 g/mol. The summed E-state index contributed by atoms with van der Waals surface area (Å²) in [6, 6.07) is 23.6. The van der Waals surface area contributed by atoms with E-state index in [0.29, 0.717) is 23.5 Å². The molecule has 2 aliphatic rings. The molecular weight excluding hydrogens is 384 g/mol. The molecule has 0 aromatic heterocycles. The summed E-state index contributed by atoms with van der Waals surface area (Å²) < 4.78 is 0. The van der Waals surface area contributed by atoms with Crippen molar-refractivity contribution >= 4 is 28.8 Å². The minimum Gasteiger partial charge on any atom is -0.336 e. The summed E-state index contributed by atoms with van der Waals surface area (Å²) in [5.74, 6) is -0.521. The van der Waals surface area contributed by atoms with Gasteiger partial charge in [0.1, 0.15) is 5.70 Å². The molecule has 0 saturated heterocycles. The molecule has 0 N–H and O–H groups in total. The smallest absolute Gasteiger partial charge is 0.282 e. The van der Waals surface area contributed by atoms with Crippen molar-refractivity contribution in [1.29, 1.82) is 0 Å². The summed E-state index contributed by atoms with van der Waals surface area (Å²) in [7, 11) is 0. The summed E-state index contributed by atoms with van der Waals surface area (Å²) >= 11 is 0. The highest BCUT2D eigenvalue weighted by Crippen LogP contribution is 2.40. The van der Waals surface area contributed by atoms with Gasteiger partial charge in [-0.2, -0.15) is 0 Å². The molecule has 0 bridgehead atoms. The SMILES string of the molecule is Cc1ccc(C2=C(N3CCCc4ccccc43)C(=O)N(c3ccccc3C)C2=O)cc1. The van der Waals surface area contributed by atoms with Crippen LogP contribution < -0.4 is 9.80 Å². The number of anilines is 2. The molecule has 2 amide bonds. The number of fused-ring (bicyclic) bond motifs is 1. The van der Waals surface area contributed by atoms with E-state index in [1.54, 1.807) is 0 Å². The summed E-state index contributed by atoms with van der Waals surface area (Å²) in [6.45, 7) is 4.65. The number of rotatable bonds is 3. The molecule has 0 atom stereocenters. The molecule has 0 unspecified atom stereocenters. The summed E-state index contributed by atoms with van der Waals surface area (Å²) in [4.78, 5) is 31.0. The van der Waals surface area contributed by atoms with Crippen LogP contribution in [0, 0.1) is 13.8 Å². The van der Waals surface area contributed by atoms with E-state index in [-0.39, 0.29) is 11.8 Å². The number of imide groups is 1. The van der Waals surface area contributed by atoms with Gasteiger partial charge < -0.3 is 4.90 Å². The molecule has 2 heterocycles. The number of amides is 2. The fourth-order valence-electron chi connectivity index (χ4n) is 4.55. The van der Waals surface area contributed by atoms with Crippen molar-refractivity contribution in [2.45, 2.75) is 26.7 Å². The Bertz CT molecular complexity index is 1220. The van der Waals surface area contributed by atoms with Crippen molar-refractivity contribution < 1.29 is 9.59 Å². The quantitative estimate of drug-likeness (QED) is 0.570. The van der Waals surface area contributed by atoms with Gasteiger partial charge in [-0.1, -0.05) is 66.2 Å². The Hall–Kier alpha value is -3.66. The lowest BCUT2D eigenvalue weighted by Crippen LogP contribution is -2.37. The zero-order valence-electron chi connectivity index (χ0n) is 17.8. The first-order valence-corrected chi connectivity index (χ1v) is 10.7. The van der Waals surface area contributed by atoms with E-state index in [1.807, 2.05) is 85.5 Å². The first-order chi connectivity index (χ1) is 15.1. The molecular formula is C27H24N2O2. The van der Waals surface area contributed by atoms with Crippen molar-refractivity contribution in [2.24, 2.45) is 0 Å². The van der Waals surface area contributed by atoms with Crippen LogP contribution in [0.15, 0.2) is 78.5 Å². The van der Waals surface area contributed by atoms with Crippen LogP contribution in [0.3, 0.4) is 0 Å². The molecule has 4 heteroatoms. The second-order valence-corrected chi connectivity index (χ2v) is 8.21. The first kappa shape index (κ1) is 19.3. The fraction of sp³-hybridized carbons (Fsp3) is 0.185. The molecule has 0 aliphatic carbocycles. The third-order valence-electron chi connectivity index (χ3n) is 6.14. The molecule has 0 spiro atoms. The van der Waals surface area contributed by atoms with Crippen molar-refractivity contribution in [1.82, 2.24) is 0 Å². The Balaban J connectivity index is 1.72. The molecule has 0 fully saturated rings. The Labute approximate surface area is 182 Å². The van der Waals surface area contributed by atoms with Gasteiger partial charge in [0.2, 0.25) is 0 Å². The maximum Gasteiger partial charge on any atom is 0.282 e. The molecule has 3 aromatic carbocycles. The monoisotopic (exact) mass is 408 g/mol. The lowest BCUT2D eigenvalue weighted by molar-refractivity contribution is -0.120. The van der Waals surface area contributed by atoms with Gasteiger partial charge >= 0.3 is 0 Å². The van der Waals surface area contributed by atoms with Gasteiger partial charge in [-0.3, -0.25) is 9.59 Å². The first-order valence-electron chi connectivity index (χ1n) is 10.7. The number of carbonyl (C=O) groups is 2. The van der Waals surface area contributed by atoms with Gasteiger partial charge in [0.25, 0.3) is 11.8 Å². The minimum absolute atomic E-state index is 0.258. The highest BCUT2D eigenvalue weighted by Gasteiger charge is 2.43. The van der Waals surface area contributed by atoms with Crippen molar-refractivity contribution in [3.63, 3.8) is 0 Å². The van der Waals surface area contributed by atoms with Gasteiger partial charge in [0.15, 0.2) is 0 Å². The van der Waals surface area contributed by atoms with Crippen LogP contribution in [0.2, 0.25) is 0 Å². The molecule has 2 aliphatic heterocycles. The number of hydrogen-bond donors (Lipinski definition) is 0. The van der Waals surface area contributed by atoms with Crippen LogP contribution in [0.1, 0.15) is 28.7 Å². The predicted octanol–water partition coefficient (Wildman–Crippen LogP) is 5.04. The van der Waals surface area contributed by atoms with Crippen LogP contribution in [-0.4, -0.2) is 18.4 Å². The zero-order valence-corrected chi connectivity index (χ0v) is 17.8. The molecule has 5 rings (SSSR count). The number of aryl methyl sites for hydroxylation is 3. The number of benzene rings is 3. The Morgan fingerprint density at radius 2 is 1.42 bits per heavy atom. The van der Waals surface area contributed by atoms with E-state index in [1.165, 1.54) is 10.5 Å². The number of para-hydroxylation sites is 2. The Morgan fingerprint density at radius 1 is 0.742 bits per heavy atom. The van der Waals surface area contributed by atoms with E-state index in [4.69, 9.17) is 0 Å². The summed E-state index contributed by atoms with van der Waals surface area (Å²) in [5.41, 5.74) is 6.60. The largest absolute Gasteiger partial charge is 0.336 e. The molecule has 0 radical (unpaired) electrons. The van der Waals surface area contributed by atoms with E-state index in [0.717, 1.165) is 35.2 Å². The average Bonchev–Trinajstić information content (AvgIpc) is 3.04. The lowest BCUT2D eigenvalue weighted by Gasteiger charge is -2.32. The predicted molar refractivity (Wildman–Crippen MR) is 124 cm³/mol. The Morgan fingerprint density at radius 3 is 2.16 bits per heavy atom. The van der Waals surface area contributed by atoms with Crippen LogP contribution in [-0.2, 0) is 16.0 Å². The summed E-state index contributed by atoms with van der Waals surface area (Å²) in [6.07, 6.45) is 1.91. The molecule has 4 nitrogen and oxygen atoms in total. The number of nitrogens with zero attached hydrogens (tertiary/aromatic N) is 2. The van der Waals surface area contributed by atoms with Gasteiger partial charge in [-0.05, 0) is 55.5 Å². The normalized spacial score (nSPS) is 16.2. The highest BCUT2D eigenvalue weighted by atomic mass is 16.2. The zero-order chi connectivity index (χ0) is 21.5. The second-order valence-electron chi connectivity index (χ2n) is 8.21. The van der Waals surface area contributed by atoms with Crippen LogP contribution >= 0.6 is 0 Å². The van der Waals surface area contributed by atoms with E-state index in [9.17, 15) is 9.59 Å². The summed E-state index contributed by atoms with van der Waals surface area (Å²) in [5, 5.41) is 0. The van der Waals surface area contributed by atoms with Gasteiger partial charge in [-0.15, -0.1) is 0 Å². The highest BCUT2D eigenvalue weighted by molar-refractivity contribution is 6.46.